The number of hydrogen-bond acceptors (Lipinski definition) is 2. The van der Waals surface area contributed by atoms with Crippen LogP contribution in [0.5, 0.6) is 0 Å². The standard InChI is InChI=1S/C21H25F6NO/c22-20(23,24)17(29)12-28(11-14-4-2-1-3-5-14)19-9-15-6-16(10-19)8-18(7-15,13-19)21(25,26)27/h1-5,15-17,29H,6-13H2. The van der Waals surface area contributed by atoms with Crippen molar-refractivity contribution in [2.75, 3.05) is 6.54 Å². The van der Waals surface area contributed by atoms with E-state index in [-0.39, 0.29) is 37.6 Å². The van der Waals surface area contributed by atoms with Crippen molar-refractivity contribution in [3.63, 3.8) is 0 Å². The van der Waals surface area contributed by atoms with Crippen molar-refractivity contribution in [3.05, 3.63) is 35.9 Å². The van der Waals surface area contributed by atoms with Crippen molar-refractivity contribution < 1.29 is 31.4 Å². The fourth-order valence-electron chi connectivity index (χ4n) is 6.46. The minimum Gasteiger partial charge on any atom is -0.382 e. The zero-order valence-electron chi connectivity index (χ0n) is 15.9. The van der Waals surface area contributed by atoms with Crippen LogP contribution in [-0.4, -0.2) is 40.5 Å². The first-order chi connectivity index (χ1) is 13.4. The summed E-state index contributed by atoms with van der Waals surface area (Å²) in [5, 5.41) is 9.77. The molecule has 1 aromatic rings. The third-order valence-electron chi connectivity index (χ3n) is 7.29. The average molecular weight is 421 g/mol. The summed E-state index contributed by atoms with van der Waals surface area (Å²) >= 11 is 0. The molecule has 4 bridgehead atoms. The molecule has 2 nitrogen and oxygen atoms in total. The van der Waals surface area contributed by atoms with Gasteiger partial charge in [-0.1, -0.05) is 30.3 Å². The summed E-state index contributed by atoms with van der Waals surface area (Å²) in [5.41, 5.74) is -2.03. The summed E-state index contributed by atoms with van der Waals surface area (Å²) in [6.45, 7) is -0.604. The monoisotopic (exact) mass is 421 g/mol. The topological polar surface area (TPSA) is 23.5 Å². The molecule has 0 spiro atoms. The lowest BCUT2D eigenvalue weighted by atomic mass is 9.46. The first-order valence-electron chi connectivity index (χ1n) is 10.0. The summed E-state index contributed by atoms with van der Waals surface area (Å²) in [6, 6.07) is 8.80. The molecular formula is C21H25F6NO. The molecule has 4 saturated carbocycles. The van der Waals surface area contributed by atoms with E-state index in [4.69, 9.17) is 0 Å². The molecular weight excluding hydrogens is 396 g/mol. The third-order valence-corrected chi connectivity index (χ3v) is 7.29. The summed E-state index contributed by atoms with van der Waals surface area (Å²) in [6.07, 6.45) is -10.1. The zero-order valence-corrected chi connectivity index (χ0v) is 15.9. The Morgan fingerprint density at radius 2 is 1.55 bits per heavy atom. The predicted octanol–water partition coefficient (Wildman–Crippen LogP) is 5.31. The highest BCUT2D eigenvalue weighted by molar-refractivity contribution is 5.18. The van der Waals surface area contributed by atoms with Crippen molar-refractivity contribution in [2.45, 2.75) is 69.1 Å². The molecule has 0 saturated heterocycles. The highest BCUT2D eigenvalue weighted by Gasteiger charge is 2.68. The minimum absolute atomic E-state index is 0.0791. The van der Waals surface area contributed by atoms with Gasteiger partial charge in [0, 0.05) is 18.6 Å². The second-order valence-corrected chi connectivity index (χ2v) is 9.39. The van der Waals surface area contributed by atoms with Gasteiger partial charge in [-0.25, -0.2) is 0 Å². The smallest absolute Gasteiger partial charge is 0.382 e. The number of halogens is 6. The Bertz CT molecular complexity index is 717. The third kappa shape index (κ3) is 3.78. The number of benzene rings is 1. The van der Waals surface area contributed by atoms with E-state index in [0.717, 1.165) is 12.0 Å². The van der Waals surface area contributed by atoms with Crippen LogP contribution in [0.2, 0.25) is 0 Å². The van der Waals surface area contributed by atoms with Crippen LogP contribution < -0.4 is 0 Å². The van der Waals surface area contributed by atoms with Gasteiger partial charge in [0.05, 0.1) is 5.41 Å². The van der Waals surface area contributed by atoms with Crippen molar-refractivity contribution >= 4 is 0 Å². The van der Waals surface area contributed by atoms with Crippen LogP contribution in [0, 0.1) is 17.3 Å². The lowest BCUT2D eigenvalue weighted by Gasteiger charge is -2.65. The van der Waals surface area contributed by atoms with Crippen LogP contribution in [0.3, 0.4) is 0 Å². The van der Waals surface area contributed by atoms with E-state index in [1.807, 2.05) is 0 Å². The van der Waals surface area contributed by atoms with Crippen LogP contribution in [-0.2, 0) is 6.54 Å². The molecule has 3 atom stereocenters. The molecule has 5 rings (SSSR count). The van der Waals surface area contributed by atoms with Gasteiger partial charge < -0.3 is 5.11 Å². The molecule has 162 valence electrons. The van der Waals surface area contributed by atoms with Gasteiger partial charge in [0.1, 0.15) is 0 Å². The van der Waals surface area contributed by atoms with Gasteiger partial charge in [0.25, 0.3) is 0 Å². The zero-order chi connectivity index (χ0) is 21.1. The molecule has 0 aromatic heterocycles. The Morgan fingerprint density at radius 3 is 2.07 bits per heavy atom. The summed E-state index contributed by atoms with van der Waals surface area (Å²) in [5.74, 6) is -0.252. The van der Waals surface area contributed by atoms with Crippen LogP contribution in [0.4, 0.5) is 26.3 Å². The molecule has 0 radical (unpaired) electrons. The molecule has 0 amide bonds. The maximum absolute atomic E-state index is 14.1. The van der Waals surface area contributed by atoms with Crippen molar-refractivity contribution in [3.8, 4) is 0 Å². The average Bonchev–Trinajstić information content (AvgIpc) is 2.59. The maximum atomic E-state index is 14.1. The maximum Gasteiger partial charge on any atom is 0.415 e. The second-order valence-electron chi connectivity index (χ2n) is 9.39. The van der Waals surface area contributed by atoms with Crippen LogP contribution in [0.25, 0.3) is 0 Å². The Balaban J connectivity index is 1.69. The highest BCUT2D eigenvalue weighted by atomic mass is 19.4. The number of aliphatic hydroxyl groups is 1. The van der Waals surface area contributed by atoms with Gasteiger partial charge in [0.2, 0.25) is 0 Å². The first kappa shape index (κ1) is 21.0. The molecule has 4 aliphatic rings. The van der Waals surface area contributed by atoms with E-state index in [1.54, 1.807) is 30.3 Å². The molecule has 0 aliphatic heterocycles. The fraction of sp³-hybridized carbons (Fsp3) is 0.714. The molecule has 8 heteroatoms. The van der Waals surface area contributed by atoms with E-state index in [2.05, 4.69) is 0 Å². The normalized spacial score (nSPS) is 35.3. The largest absolute Gasteiger partial charge is 0.415 e. The molecule has 4 fully saturated rings. The van der Waals surface area contributed by atoms with E-state index in [9.17, 15) is 31.4 Å². The van der Waals surface area contributed by atoms with E-state index >= 15 is 0 Å². The number of nitrogens with zero attached hydrogens (tertiary/aromatic N) is 1. The molecule has 0 heterocycles. The molecule has 29 heavy (non-hydrogen) atoms. The SMILES string of the molecule is OC(CN(Cc1ccccc1)C12CC3CC(C1)CC(C(F)(F)F)(C3)C2)C(F)(F)F. The lowest BCUT2D eigenvalue weighted by molar-refractivity contribution is -0.292. The van der Waals surface area contributed by atoms with Crippen LogP contribution >= 0.6 is 0 Å². The summed E-state index contributed by atoms with van der Waals surface area (Å²) < 4.78 is 81.6. The van der Waals surface area contributed by atoms with Crippen LogP contribution in [0.1, 0.15) is 44.1 Å². The minimum atomic E-state index is -4.81. The lowest BCUT2D eigenvalue weighted by Crippen LogP contribution is -2.67. The van der Waals surface area contributed by atoms with Crippen molar-refractivity contribution in [1.29, 1.82) is 0 Å². The Kier molecular flexibility index (Phi) is 4.97. The van der Waals surface area contributed by atoms with Gasteiger partial charge >= 0.3 is 12.4 Å². The molecule has 3 unspecified atom stereocenters. The summed E-state index contributed by atoms with van der Waals surface area (Å²) in [7, 11) is 0. The molecule has 1 N–H and O–H groups in total. The second kappa shape index (κ2) is 6.87. The Morgan fingerprint density at radius 1 is 0.966 bits per heavy atom. The van der Waals surface area contributed by atoms with Gasteiger partial charge in [-0.05, 0) is 55.9 Å². The number of alkyl halides is 6. The molecule has 1 aromatic carbocycles. The van der Waals surface area contributed by atoms with Crippen LogP contribution in [0.15, 0.2) is 30.3 Å². The number of β-amino-alcohol motifs (C(OH)–C–C–N with tert-alkyl or cyclic N) is 1. The molecule has 4 aliphatic carbocycles. The van der Waals surface area contributed by atoms with Crippen molar-refractivity contribution in [1.82, 2.24) is 4.90 Å². The Labute approximate surface area is 165 Å². The summed E-state index contributed by atoms with van der Waals surface area (Å²) in [4.78, 5) is 1.51. The number of aliphatic hydroxyl groups excluding tert-OH is 1. The van der Waals surface area contributed by atoms with Gasteiger partial charge in [0.15, 0.2) is 6.10 Å². The predicted molar refractivity (Wildman–Crippen MR) is 94.8 cm³/mol. The van der Waals surface area contributed by atoms with E-state index in [0.29, 0.717) is 12.8 Å². The fourth-order valence-corrected chi connectivity index (χ4v) is 6.46. The number of hydrogen-bond donors (Lipinski definition) is 1. The van der Waals surface area contributed by atoms with Gasteiger partial charge in [-0.15, -0.1) is 0 Å². The van der Waals surface area contributed by atoms with E-state index in [1.165, 1.54) is 4.90 Å². The number of rotatable bonds is 5. The first-order valence-corrected chi connectivity index (χ1v) is 10.0. The quantitative estimate of drug-likeness (QED) is 0.651. The van der Waals surface area contributed by atoms with E-state index < -0.39 is 36.0 Å². The Hall–Kier alpha value is -1.28. The highest BCUT2D eigenvalue weighted by Crippen LogP contribution is 2.68. The van der Waals surface area contributed by atoms with Crippen molar-refractivity contribution in [2.24, 2.45) is 17.3 Å². The van der Waals surface area contributed by atoms with Gasteiger partial charge in [-0.3, -0.25) is 4.90 Å². The van der Waals surface area contributed by atoms with Gasteiger partial charge in [-0.2, -0.15) is 26.3 Å².